The van der Waals surface area contributed by atoms with Crippen molar-refractivity contribution >= 4 is 87.8 Å². The first-order chi connectivity index (χ1) is 33.5. The smallest absolute Gasteiger partial charge is 0.305 e. The number of benzene rings is 2. The van der Waals surface area contributed by atoms with Crippen molar-refractivity contribution in [2.24, 2.45) is 11.7 Å². The van der Waals surface area contributed by atoms with E-state index >= 15 is 0 Å². The topological polar surface area (TPSA) is 429 Å². The Morgan fingerprint density at radius 1 is 0.676 bits per heavy atom. The molecule has 71 heavy (non-hydrogen) atoms. The van der Waals surface area contributed by atoms with Crippen LogP contribution in [0.25, 0.3) is 0 Å². The molecule has 28 heteroatoms. The second kappa shape index (κ2) is 30.1. The minimum Gasteiger partial charge on any atom is -0.481 e. The number of nitrogens with two attached hydrogens (primary N) is 2. The van der Waals surface area contributed by atoms with Gasteiger partial charge in [0.05, 0.1) is 27.9 Å². The number of anilines is 2. The Bertz CT molecular complexity index is 2250. The molecule has 0 radical (unpaired) electrons. The Labute approximate surface area is 411 Å². The van der Waals surface area contributed by atoms with Gasteiger partial charge in [-0.05, 0) is 81.7 Å². The molecule has 7 amide bonds. The molecule has 2 rings (SSSR count). The van der Waals surface area contributed by atoms with Gasteiger partial charge >= 0.3 is 11.9 Å². The van der Waals surface area contributed by atoms with Crippen molar-refractivity contribution in [1.82, 2.24) is 37.2 Å². The van der Waals surface area contributed by atoms with Crippen LogP contribution in [0.1, 0.15) is 76.1 Å². The van der Waals surface area contributed by atoms with Crippen LogP contribution in [0.2, 0.25) is 0 Å². The Morgan fingerprint density at radius 3 is 1.85 bits per heavy atom. The molecule has 0 aliphatic carbocycles. The van der Waals surface area contributed by atoms with Crippen LogP contribution >= 0.6 is 11.8 Å². The van der Waals surface area contributed by atoms with Crippen LogP contribution < -0.4 is 54.0 Å². The van der Waals surface area contributed by atoms with E-state index < -0.39 is 136 Å². The molecule has 2 aromatic rings. The van der Waals surface area contributed by atoms with Gasteiger partial charge < -0.3 is 64.2 Å². The van der Waals surface area contributed by atoms with Gasteiger partial charge in [0.25, 0.3) is 17.3 Å². The van der Waals surface area contributed by atoms with Crippen molar-refractivity contribution < 1.29 is 63.2 Å². The van der Waals surface area contributed by atoms with Gasteiger partial charge in [-0.2, -0.15) is 11.8 Å². The molecule has 0 saturated carbocycles. The van der Waals surface area contributed by atoms with Crippen molar-refractivity contribution in [3.05, 3.63) is 68.3 Å². The summed E-state index contributed by atoms with van der Waals surface area (Å²) in [5.41, 5.74) is 10.7. The number of hydrogen-bond donors (Lipinski definition) is 12. The number of nitro groups is 2. The van der Waals surface area contributed by atoms with Gasteiger partial charge in [-0.1, -0.05) is 26.0 Å². The summed E-state index contributed by atoms with van der Waals surface area (Å²) in [5.74, 6) is -9.28. The Kier molecular flexibility index (Phi) is 25.2. The van der Waals surface area contributed by atoms with Gasteiger partial charge in [-0.25, -0.2) is 0 Å². The third kappa shape index (κ3) is 20.5. The zero-order chi connectivity index (χ0) is 53.4. The number of rotatable bonds is 32. The van der Waals surface area contributed by atoms with Crippen LogP contribution in [-0.4, -0.2) is 141 Å². The number of nitrogens with one attached hydrogen (secondary N) is 8. The summed E-state index contributed by atoms with van der Waals surface area (Å²) in [7, 11) is 0. The number of para-hydroxylation sites is 1. The van der Waals surface area contributed by atoms with E-state index in [9.17, 15) is 73.6 Å². The first-order valence-corrected chi connectivity index (χ1v) is 23.6. The highest BCUT2D eigenvalue weighted by Crippen LogP contribution is 2.28. The lowest BCUT2D eigenvalue weighted by atomic mass is 10.0. The summed E-state index contributed by atoms with van der Waals surface area (Å²) in [5, 5.41) is 61.3. The van der Waals surface area contributed by atoms with Crippen molar-refractivity contribution in [3.63, 3.8) is 0 Å². The number of unbranched alkanes of at least 4 members (excludes halogenated alkanes) is 1. The number of nitrogen functional groups attached to an aromatic ring is 1. The normalized spacial score (nSPS) is 13.4. The number of thioether (sulfide) groups is 1. The summed E-state index contributed by atoms with van der Waals surface area (Å²) in [6.07, 6.45) is 0.549. The predicted molar refractivity (Wildman–Crippen MR) is 259 cm³/mol. The number of nitro benzene ring substituents is 2. The monoisotopic (exact) mass is 1020 g/mol. The second-order valence-corrected chi connectivity index (χ2v) is 17.3. The van der Waals surface area contributed by atoms with Gasteiger partial charge in [0.2, 0.25) is 35.4 Å². The molecule has 0 bridgehead atoms. The van der Waals surface area contributed by atoms with Gasteiger partial charge in [-0.15, -0.1) is 0 Å². The molecule has 0 aromatic heterocycles. The average molecular weight is 1020 g/mol. The second-order valence-electron chi connectivity index (χ2n) is 16.3. The number of carbonyl (C=O) groups excluding carboxylic acids is 7. The largest absolute Gasteiger partial charge is 0.481 e. The number of nitrogens with zero attached hydrogens (tertiary/aromatic N) is 2. The number of hydrogen-bond acceptors (Lipinski definition) is 17. The summed E-state index contributed by atoms with van der Waals surface area (Å²) in [6, 6.07) is 0.486. The maximum Gasteiger partial charge on any atom is 0.305 e. The molecule has 0 aliphatic heterocycles. The third-order valence-corrected chi connectivity index (χ3v) is 11.1. The third-order valence-electron chi connectivity index (χ3n) is 10.4. The van der Waals surface area contributed by atoms with Crippen molar-refractivity contribution in [2.45, 2.75) is 102 Å². The lowest BCUT2D eigenvalue weighted by molar-refractivity contribution is -0.393. The highest BCUT2D eigenvalue weighted by atomic mass is 32.2. The molecule has 0 fully saturated rings. The number of non-ortho nitro benzene ring substituents is 1. The van der Waals surface area contributed by atoms with Crippen LogP contribution in [0.15, 0.2) is 42.5 Å². The minimum atomic E-state index is -1.83. The molecule has 6 atom stereocenters. The van der Waals surface area contributed by atoms with E-state index in [0.29, 0.717) is 12.8 Å². The SMILES string of the molecule is CSCC[C@H](NC(=O)[C@H](CCCCN)NC(=O)[C@@H](NC(=O)c1ccccc1N)C(C)C)C(=O)N[C@@H](CC(=O)O)C(=O)N[C@@H](C)C(=O)N[C@@H](CCC(=O)O)C(=O)NCCNc1ccc([N+](=O)[O-])cc1[N+](=O)[O-]. The van der Waals surface area contributed by atoms with Gasteiger partial charge in [0.15, 0.2) is 0 Å². The van der Waals surface area contributed by atoms with Crippen LogP contribution in [0.4, 0.5) is 22.7 Å². The fourth-order valence-electron chi connectivity index (χ4n) is 6.57. The van der Waals surface area contributed by atoms with E-state index in [4.69, 9.17) is 11.5 Å². The highest BCUT2D eigenvalue weighted by Gasteiger charge is 2.34. The molecule has 27 nitrogen and oxygen atoms in total. The molecule has 390 valence electrons. The zero-order valence-corrected chi connectivity index (χ0v) is 40.3. The molecular formula is C43H62N12O15S. The zero-order valence-electron chi connectivity index (χ0n) is 39.5. The van der Waals surface area contributed by atoms with Crippen LogP contribution in [0, 0.1) is 26.1 Å². The lowest BCUT2D eigenvalue weighted by Crippen LogP contribution is -2.60. The van der Waals surface area contributed by atoms with E-state index in [1.165, 1.54) is 23.9 Å². The van der Waals surface area contributed by atoms with Crippen molar-refractivity contribution in [1.29, 1.82) is 0 Å². The molecule has 0 spiro atoms. The van der Waals surface area contributed by atoms with Crippen LogP contribution in [0.5, 0.6) is 0 Å². The van der Waals surface area contributed by atoms with E-state index in [1.54, 1.807) is 32.2 Å². The number of amides is 7. The van der Waals surface area contributed by atoms with Crippen LogP contribution in [0.3, 0.4) is 0 Å². The van der Waals surface area contributed by atoms with Crippen molar-refractivity contribution in [2.75, 3.05) is 42.7 Å². The quantitative estimate of drug-likeness (QED) is 0.0194. The van der Waals surface area contributed by atoms with Crippen molar-refractivity contribution in [3.8, 4) is 0 Å². The predicted octanol–water partition coefficient (Wildman–Crippen LogP) is -0.267. The fraction of sp³-hybridized carbons (Fsp3) is 0.512. The minimum absolute atomic E-state index is 0.0293. The van der Waals surface area contributed by atoms with Gasteiger partial charge in [-0.3, -0.25) is 63.4 Å². The summed E-state index contributed by atoms with van der Waals surface area (Å²) in [4.78, 5) is 139. The first-order valence-electron chi connectivity index (χ1n) is 22.2. The van der Waals surface area contributed by atoms with E-state index in [-0.39, 0.29) is 55.2 Å². The van der Waals surface area contributed by atoms with E-state index in [2.05, 4.69) is 42.5 Å². The molecule has 0 saturated heterocycles. The number of aliphatic carboxylic acids is 2. The molecule has 0 aliphatic rings. The average Bonchev–Trinajstić information content (AvgIpc) is 3.30. The molecule has 14 N–H and O–H groups in total. The number of carbonyl (C=O) groups is 9. The maximum atomic E-state index is 13.9. The summed E-state index contributed by atoms with van der Waals surface area (Å²) >= 11 is 1.30. The lowest BCUT2D eigenvalue weighted by Gasteiger charge is -2.27. The van der Waals surface area contributed by atoms with E-state index in [1.807, 2.05) is 0 Å². The standard InChI is InChI=1S/C43H62N12O15S/c1-23(2)36(53-38(61)26-9-5-6-10-27(26)45)43(66)51-29(11-7-8-17-44)40(63)50-31(16-20-71-4)41(64)52-32(22-35(58)59)42(65)48-24(3)37(60)49-30(14-15-34(56)57)39(62)47-19-18-46-28-13-12-25(54(67)68)21-33(28)55(69)70/h5-6,9-10,12-13,21,23-24,29-32,36,46H,7-8,11,14-20,22,44-45H2,1-4H3,(H,47,62)(H,48,65)(H,49,60)(H,50,63)(H,51,66)(H,52,64)(H,53,61)(H,56,57)(H,58,59)/t24-,29-,30-,31-,32-,36-/m0/s1. The van der Waals surface area contributed by atoms with Gasteiger partial charge in [0, 0.05) is 31.3 Å². The Hall–Kier alpha value is -7.62. The Morgan fingerprint density at radius 2 is 1.27 bits per heavy atom. The highest BCUT2D eigenvalue weighted by molar-refractivity contribution is 7.98. The first kappa shape index (κ1) is 59.5. The maximum absolute atomic E-state index is 13.9. The molecule has 2 aromatic carbocycles. The van der Waals surface area contributed by atoms with Crippen LogP contribution in [-0.2, 0) is 38.4 Å². The number of carboxylic acid groups (broad SMARTS) is 2. The fourth-order valence-corrected chi connectivity index (χ4v) is 7.04. The summed E-state index contributed by atoms with van der Waals surface area (Å²) < 4.78 is 0. The molecule has 0 unspecified atom stereocenters. The molecule has 0 heterocycles. The van der Waals surface area contributed by atoms with E-state index in [0.717, 1.165) is 25.1 Å². The summed E-state index contributed by atoms with van der Waals surface area (Å²) in [6.45, 7) is 4.39. The van der Waals surface area contributed by atoms with Gasteiger partial charge in [0.1, 0.15) is 41.9 Å². The Balaban J connectivity index is 2.21. The molecular weight excluding hydrogens is 957 g/mol. The number of carboxylic acids is 2.